The Labute approximate surface area is 383 Å². The van der Waals surface area contributed by atoms with Gasteiger partial charge in [-0.25, -0.2) is 4.42 Å². The Hall–Kier alpha value is -4.35. The number of rotatable bonds is 10. The zero-order valence-corrected chi connectivity index (χ0v) is 40.3. The van der Waals surface area contributed by atoms with Crippen LogP contribution in [0, 0.1) is 16.7 Å². The molecule has 1 aliphatic heterocycles. The first-order valence-corrected chi connectivity index (χ1v) is 22.6. The third kappa shape index (κ3) is 10.4. The molecule has 0 fully saturated rings. The standard InChI is InChI=1S/C50H43Br4O6/c1-49(2,3)27-57-41-13-9-7-11-33(41)45-23-29(21-43(59-45)31-15-17-37(51)39(53)25-31)19-35-47(55)36(48(35)56)20-30-22-44(32-16-18-38(52)40(54)26-32)60-46(24-30)34-12-8-10-14-42(34)58-28-50(4,5)6/h7-26,29H,27-28H2,1-6H3/q+1. The van der Waals surface area contributed by atoms with Crippen LogP contribution in [0.5, 0.6) is 11.5 Å². The molecule has 60 heavy (non-hydrogen) atoms. The smallest absolute Gasteiger partial charge is 0.365 e. The Morgan fingerprint density at radius 3 is 1.72 bits per heavy atom. The number of benzene rings is 4. The zero-order chi connectivity index (χ0) is 42.9. The number of halogens is 4. The zero-order valence-electron chi connectivity index (χ0n) is 34.0. The normalized spacial score (nSPS) is 14.3. The van der Waals surface area contributed by atoms with Gasteiger partial charge in [0, 0.05) is 29.4 Å². The van der Waals surface area contributed by atoms with Gasteiger partial charge in [-0.05, 0) is 153 Å². The molecule has 10 heteroatoms. The maximum atomic E-state index is 14.0. The van der Waals surface area contributed by atoms with Crippen molar-refractivity contribution in [3.63, 3.8) is 0 Å². The molecule has 0 amide bonds. The summed E-state index contributed by atoms with van der Waals surface area (Å²) in [5.41, 5.74) is 2.98. The molecule has 6 aromatic rings. The molecule has 0 saturated heterocycles. The van der Waals surface area contributed by atoms with Crippen LogP contribution in [-0.2, 0) is 4.74 Å². The first-order chi connectivity index (χ1) is 28.4. The summed E-state index contributed by atoms with van der Waals surface area (Å²) in [6, 6.07) is 30.8. The van der Waals surface area contributed by atoms with Crippen LogP contribution in [0.2, 0.25) is 0 Å². The monoisotopic (exact) mass is 1050 g/mol. The van der Waals surface area contributed by atoms with Crippen molar-refractivity contribution in [3.05, 3.63) is 175 Å². The molecular weight excluding hydrogens is 1020 g/mol. The Bertz CT molecular complexity index is 2840. The predicted octanol–water partition coefficient (Wildman–Crippen LogP) is 12.7. The number of ether oxygens (including phenoxy) is 3. The van der Waals surface area contributed by atoms with Crippen molar-refractivity contribution < 1.29 is 18.6 Å². The second-order valence-corrected chi connectivity index (χ2v) is 20.5. The Morgan fingerprint density at radius 1 is 0.600 bits per heavy atom. The lowest BCUT2D eigenvalue weighted by Gasteiger charge is -2.24. The average Bonchev–Trinajstić information content (AvgIpc) is 3.21. The van der Waals surface area contributed by atoms with E-state index in [4.69, 9.17) is 18.6 Å². The fraction of sp³-hybridized carbons (Fsp3) is 0.220. The molecule has 0 bridgehead atoms. The molecule has 0 aliphatic carbocycles. The van der Waals surface area contributed by atoms with E-state index in [0.29, 0.717) is 53.3 Å². The van der Waals surface area contributed by atoms with Crippen molar-refractivity contribution in [2.45, 2.75) is 41.5 Å². The van der Waals surface area contributed by atoms with Crippen LogP contribution < -0.4 is 30.8 Å². The lowest BCUT2D eigenvalue weighted by molar-refractivity contribution is 0.197. The van der Waals surface area contributed by atoms with Crippen LogP contribution in [-0.4, -0.2) is 13.2 Å². The van der Waals surface area contributed by atoms with Gasteiger partial charge in [-0.1, -0.05) is 78.0 Å². The van der Waals surface area contributed by atoms with Crippen molar-refractivity contribution in [1.29, 1.82) is 0 Å². The molecule has 0 saturated carbocycles. The first-order valence-electron chi connectivity index (χ1n) is 19.4. The maximum absolute atomic E-state index is 14.0. The molecule has 1 unspecified atom stereocenters. The summed E-state index contributed by atoms with van der Waals surface area (Å²) in [6.45, 7) is 13.7. The minimum Gasteiger partial charge on any atom is -0.492 e. The molecule has 6 nitrogen and oxygen atoms in total. The minimum atomic E-state index is -0.444. The number of hydrogen-bond acceptors (Lipinski definition) is 5. The van der Waals surface area contributed by atoms with E-state index in [9.17, 15) is 9.59 Å². The quantitative estimate of drug-likeness (QED) is 0.127. The van der Waals surface area contributed by atoms with E-state index in [1.165, 1.54) is 0 Å². The summed E-state index contributed by atoms with van der Waals surface area (Å²) in [4.78, 5) is 28.0. The van der Waals surface area contributed by atoms with Gasteiger partial charge in [-0.3, -0.25) is 9.59 Å². The van der Waals surface area contributed by atoms with Crippen LogP contribution >= 0.6 is 63.7 Å². The van der Waals surface area contributed by atoms with Gasteiger partial charge >= 0.3 is 11.5 Å². The molecule has 2 heterocycles. The number of hydrogen-bond donors (Lipinski definition) is 0. The average molecular weight is 1060 g/mol. The van der Waals surface area contributed by atoms with Gasteiger partial charge in [-0.15, -0.1) is 0 Å². The molecule has 1 aromatic heterocycles. The second kappa shape index (κ2) is 17.9. The fourth-order valence-electron chi connectivity index (χ4n) is 6.42. The highest BCUT2D eigenvalue weighted by atomic mass is 79.9. The van der Waals surface area contributed by atoms with Gasteiger partial charge in [0.1, 0.15) is 28.6 Å². The Balaban J connectivity index is 1.33. The summed E-state index contributed by atoms with van der Waals surface area (Å²) in [5.74, 6) is 3.13. The van der Waals surface area contributed by atoms with Crippen LogP contribution in [0.25, 0.3) is 46.3 Å². The third-order valence-corrected chi connectivity index (χ3v) is 13.2. The highest BCUT2D eigenvalue weighted by Gasteiger charge is 2.26. The van der Waals surface area contributed by atoms with Gasteiger partial charge in [0.25, 0.3) is 0 Å². The molecule has 0 N–H and O–H groups in total. The van der Waals surface area contributed by atoms with Gasteiger partial charge in [0.05, 0.1) is 46.9 Å². The highest BCUT2D eigenvalue weighted by molar-refractivity contribution is 9.13. The van der Waals surface area contributed by atoms with Crippen LogP contribution in [0.15, 0.2) is 141 Å². The van der Waals surface area contributed by atoms with Gasteiger partial charge in [-0.2, -0.15) is 0 Å². The van der Waals surface area contributed by atoms with Crippen LogP contribution in [0.1, 0.15) is 58.2 Å². The third-order valence-electron chi connectivity index (χ3n) is 9.41. The summed E-state index contributed by atoms with van der Waals surface area (Å²) in [7, 11) is 0. The molecule has 0 radical (unpaired) electrons. The lowest BCUT2D eigenvalue weighted by Crippen LogP contribution is -2.64. The van der Waals surface area contributed by atoms with E-state index in [1.54, 1.807) is 12.2 Å². The van der Waals surface area contributed by atoms with E-state index in [-0.39, 0.29) is 32.1 Å². The van der Waals surface area contributed by atoms with Gasteiger partial charge in [0.15, 0.2) is 0 Å². The second-order valence-electron chi connectivity index (χ2n) is 17.1. The van der Waals surface area contributed by atoms with E-state index in [1.807, 2.05) is 109 Å². The molecular formula is C50H43Br4O6+. The molecule has 1 aliphatic rings. The maximum Gasteiger partial charge on any atom is 0.365 e. The Morgan fingerprint density at radius 2 is 1.12 bits per heavy atom. The SMILES string of the molecule is CC(C)(C)COc1ccccc1C1=CC(C=c2c(=O)c(=Cc3cc(-c4ccc(Br)c(Br)c4)[o+]c(-c4ccccc4OCC(C)(C)C)c3)c2=O)C=C(c2ccc(Br)c(Br)c2)O1. The van der Waals surface area contributed by atoms with E-state index in [2.05, 4.69) is 105 Å². The van der Waals surface area contributed by atoms with Crippen molar-refractivity contribution >= 4 is 87.4 Å². The van der Waals surface area contributed by atoms with Gasteiger partial charge in [0.2, 0.25) is 10.9 Å². The largest absolute Gasteiger partial charge is 0.492 e. The number of allylic oxidation sites excluding steroid dienone is 2. The minimum absolute atomic E-state index is 0.0639. The number of para-hydroxylation sites is 2. The predicted molar refractivity (Wildman–Crippen MR) is 257 cm³/mol. The van der Waals surface area contributed by atoms with Crippen molar-refractivity contribution in [1.82, 2.24) is 0 Å². The molecule has 0 spiro atoms. The summed E-state index contributed by atoms with van der Waals surface area (Å²) >= 11 is 14.4. The Kier molecular flexibility index (Phi) is 13.1. The molecule has 5 aromatic carbocycles. The first kappa shape index (κ1) is 43.7. The topological polar surface area (TPSA) is 73.1 Å². The summed E-state index contributed by atoms with van der Waals surface area (Å²) in [5, 5.41) is 0.212. The fourth-order valence-corrected chi connectivity index (χ4v) is 7.67. The van der Waals surface area contributed by atoms with E-state index < -0.39 is 5.92 Å². The van der Waals surface area contributed by atoms with Crippen molar-refractivity contribution in [2.75, 3.05) is 13.2 Å². The van der Waals surface area contributed by atoms with E-state index in [0.717, 1.165) is 40.1 Å². The van der Waals surface area contributed by atoms with Crippen molar-refractivity contribution in [2.24, 2.45) is 16.7 Å². The lowest BCUT2D eigenvalue weighted by atomic mass is 9.96. The molecule has 7 rings (SSSR count). The van der Waals surface area contributed by atoms with Crippen LogP contribution in [0.3, 0.4) is 0 Å². The highest BCUT2D eigenvalue weighted by Crippen LogP contribution is 2.39. The van der Waals surface area contributed by atoms with Gasteiger partial charge < -0.3 is 14.2 Å². The van der Waals surface area contributed by atoms with Crippen molar-refractivity contribution in [3.8, 4) is 34.1 Å². The summed E-state index contributed by atoms with van der Waals surface area (Å²) in [6.07, 6.45) is 7.20. The summed E-state index contributed by atoms with van der Waals surface area (Å²) < 4.78 is 29.2. The van der Waals surface area contributed by atoms with Crippen LogP contribution in [0.4, 0.5) is 0 Å². The molecule has 1 atom stereocenters. The van der Waals surface area contributed by atoms with E-state index >= 15 is 0 Å². The molecule has 306 valence electrons.